The summed E-state index contributed by atoms with van der Waals surface area (Å²) < 4.78 is 28.6. The lowest BCUT2D eigenvalue weighted by Crippen LogP contribution is -2.50. The predicted molar refractivity (Wildman–Crippen MR) is 113 cm³/mol. The van der Waals surface area contributed by atoms with Crippen molar-refractivity contribution in [3.05, 3.63) is 69.1 Å². The molecule has 0 bridgehead atoms. The van der Waals surface area contributed by atoms with Crippen molar-refractivity contribution in [1.82, 2.24) is 9.21 Å². The maximum atomic E-state index is 12.7. The van der Waals surface area contributed by atoms with E-state index in [0.717, 1.165) is 14.5 Å². The largest absolute Gasteiger partial charge is 0.337 e. The fraction of sp³-hybridized carbons (Fsp3) is 0.211. The van der Waals surface area contributed by atoms with Gasteiger partial charge in [-0.15, -0.1) is 0 Å². The summed E-state index contributed by atoms with van der Waals surface area (Å²) >= 11 is 6.68. The number of carbonyl (C=O) groups is 1. The van der Waals surface area contributed by atoms with Gasteiger partial charge in [0.05, 0.1) is 4.90 Å². The van der Waals surface area contributed by atoms with Gasteiger partial charge in [-0.3, -0.25) is 4.79 Å². The monoisotopic (exact) mass is 512 g/mol. The van der Waals surface area contributed by atoms with Crippen LogP contribution in [0.5, 0.6) is 0 Å². The van der Waals surface area contributed by atoms with E-state index in [1.54, 1.807) is 35.2 Å². The summed E-state index contributed by atoms with van der Waals surface area (Å²) in [5, 5.41) is 0. The molecule has 0 saturated carbocycles. The minimum absolute atomic E-state index is 0.112. The maximum absolute atomic E-state index is 12.7. The Hall–Kier alpha value is -1.48. The Morgan fingerprint density at radius 3 is 1.93 bits per heavy atom. The van der Waals surface area contributed by atoms with Crippen LogP contribution < -0.4 is 0 Å². The molecule has 142 valence electrons. The number of hydrogen-bond acceptors (Lipinski definition) is 3. The Morgan fingerprint density at radius 2 is 1.37 bits per heavy atom. The zero-order valence-corrected chi connectivity index (χ0v) is 18.4. The third-order valence-electron chi connectivity index (χ3n) is 4.29. The molecule has 1 heterocycles. The summed E-state index contributed by atoms with van der Waals surface area (Å²) in [6.07, 6.45) is 3.29. The maximum Gasteiger partial charge on any atom is 0.246 e. The first-order valence-corrected chi connectivity index (χ1v) is 11.4. The van der Waals surface area contributed by atoms with Gasteiger partial charge in [-0.2, -0.15) is 4.31 Å². The highest BCUT2D eigenvalue weighted by Crippen LogP contribution is 2.20. The zero-order valence-electron chi connectivity index (χ0n) is 14.4. The molecule has 0 spiro atoms. The molecule has 8 heteroatoms. The number of carbonyl (C=O) groups excluding carboxylic acids is 1. The predicted octanol–water partition coefficient (Wildman–Crippen LogP) is 3.76. The first kappa shape index (κ1) is 20.3. The fourth-order valence-electron chi connectivity index (χ4n) is 2.75. The van der Waals surface area contributed by atoms with Gasteiger partial charge in [-0.05, 0) is 48.0 Å². The van der Waals surface area contributed by atoms with E-state index in [-0.39, 0.29) is 23.9 Å². The van der Waals surface area contributed by atoms with Crippen LogP contribution in [-0.4, -0.2) is 49.7 Å². The third-order valence-corrected chi connectivity index (χ3v) is 7.26. The molecule has 0 aromatic heterocycles. The number of amides is 1. The van der Waals surface area contributed by atoms with Crippen LogP contribution in [0, 0.1) is 0 Å². The van der Waals surface area contributed by atoms with Crippen molar-refractivity contribution in [1.29, 1.82) is 0 Å². The molecule has 5 nitrogen and oxygen atoms in total. The Bertz CT molecular complexity index is 934. The average Bonchev–Trinajstić information content (AvgIpc) is 2.68. The van der Waals surface area contributed by atoms with Crippen molar-refractivity contribution in [2.24, 2.45) is 0 Å². The molecule has 1 aliphatic heterocycles. The van der Waals surface area contributed by atoms with E-state index in [4.69, 9.17) is 0 Å². The van der Waals surface area contributed by atoms with Crippen LogP contribution in [0.1, 0.15) is 5.56 Å². The van der Waals surface area contributed by atoms with Crippen LogP contribution in [0.25, 0.3) is 6.08 Å². The summed E-state index contributed by atoms with van der Waals surface area (Å²) in [5.74, 6) is -0.112. The molecule has 1 fully saturated rings. The summed E-state index contributed by atoms with van der Waals surface area (Å²) in [6, 6.07) is 14.2. The van der Waals surface area contributed by atoms with E-state index in [2.05, 4.69) is 31.9 Å². The van der Waals surface area contributed by atoms with Gasteiger partial charge in [-0.25, -0.2) is 8.42 Å². The lowest BCUT2D eigenvalue weighted by atomic mass is 10.2. The van der Waals surface area contributed by atoms with E-state index in [9.17, 15) is 13.2 Å². The second-order valence-electron chi connectivity index (χ2n) is 6.07. The molecule has 1 aliphatic rings. The van der Waals surface area contributed by atoms with E-state index in [1.165, 1.54) is 10.4 Å². The Morgan fingerprint density at radius 1 is 0.852 bits per heavy atom. The highest BCUT2D eigenvalue weighted by molar-refractivity contribution is 9.10. The van der Waals surface area contributed by atoms with E-state index in [0.29, 0.717) is 13.1 Å². The highest BCUT2D eigenvalue weighted by atomic mass is 79.9. The summed E-state index contributed by atoms with van der Waals surface area (Å²) in [4.78, 5) is 14.3. The van der Waals surface area contributed by atoms with Gasteiger partial charge >= 0.3 is 0 Å². The Kier molecular flexibility index (Phi) is 6.52. The lowest BCUT2D eigenvalue weighted by molar-refractivity contribution is -0.127. The zero-order chi connectivity index (χ0) is 19.4. The van der Waals surface area contributed by atoms with Gasteiger partial charge in [0.25, 0.3) is 0 Å². The quantitative estimate of drug-likeness (QED) is 0.585. The van der Waals surface area contributed by atoms with Gasteiger partial charge < -0.3 is 4.90 Å². The molecule has 0 aliphatic carbocycles. The van der Waals surface area contributed by atoms with Crippen molar-refractivity contribution in [2.45, 2.75) is 4.90 Å². The number of rotatable bonds is 4. The van der Waals surface area contributed by atoms with Gasteiger partial charge in [0, 0.05) is 41.2 Å². The number of nitrogens with zero attached hydrogens (tertiary/aromatic N) is 2. The third kappa shape index (κ3) is 5.07. The molecule has 0 radical (unpaired) electrons. The molecule has 3 rings (SSSR count). The molecule has 2 aromatic rings. The standard InChI is InChI=1S/C19H18Br2N2O3S/c20-16-4-1-15(2-5-16)3-10-19(24)22-11-13-23(14-12-22)27(25,26)18-8-6-17(21)7-9-18/h1-10H,11-14H2. The van der Waals surface area contributed by atoms with E-state index < -0.39 is 10.0 Å². The SMILES string of the molecule is O=C(C=Cc1ccc(Br)cc1)N1CCN(S(=O)(=O)c2ccc(Br)cc2)CC1. The van der Waals surface area contributed by atoms with Crippen LogP contribution in [0.2, 0.25) is 0 Å². The number of halogens is 2. The molecule has 1 amide bonds. The van der Waals surface area contributed by atoms with Crippen molar-refractivity contribution in [3.63, 3.8) is 0 Å². The van der Waals surface area contributed by atoms with Gasteiger partial charge in [-0.1, -0.05) is 44.0 Å². The second-order valence-corrected chi connectivity index (χ2v) is 9.84. The fourth-order valence-corrected chi connectivity index (χ4v) is 4.70. The molecule has 0 N–H and O–H groups in total. The summed E-state index contributed by atoms with van der Waals surface area (Å²) in [7, 11) is -3.54. The second kappa shape index (κ2) is 8.68. The Balaban J connectivity index is 1.60. The van der Waals surface area contributed by atoms with Gasteiger partial charge in [0.2, 0.25) is 15.9 Å². The van der Waals surface area contributed by atoms with E-state index >= 15 is 0 Å². The van der Waals surface area contributed by atoms with Crippen LogP contribution in [0.3, 0.4) is 0 Å². The van der Waals surface area contributed by atoms with Crippen molar-refractivity contribution >= 4 is 53.9 Å². The molecule has 1 saturated heterocycles. The van der Waals surface area contributed by atoms with Gasteiger partial charge in [0.1, 0.15) is 0 Å². The normalized spacial score (nSPS) is 16.0. The van der Waals surface area contributed by atoms with Crippen molar-refractivity contribution in [3.8, 4) is 0 Å². The Labute approximate surface area is 176 Å². The smallest absolute Gasteiger partial charge is 0.246 e. The number of benzene rings is 2. The van der Waals surface area contributed by atoms with Crippen LogP contribution in [0.4, 0.5) is 0 Å². The number of hydrogen-bond donors (Lipinski definition) is 0. The molecular formula is C19H18Br2N2O3S. The summed E-state index contributed by atoms with van der Waals surface area (Å²) in [6.45, 7) is 1.32. The van der Waals surface area contributed by atoms with E-state index in [1.807, 2.05) is 24.3 Å². The molecule has 0 atom stereocenters. The van der Waals surface area contributed by atoms with Crippen LogP contribution >= 0.6 is 31.9 Å². The van der Waals surface area contributed by atoms with Gasteiger partial charge in [0.15, 0.2) is 0 Å². The summed E-state index contributed by atoms with van der Waals surface area (Å²) in [5.41, 5.74) is 0.933. The first-order chi connectivity index (χ1) is 12.9. The van der Waals surface area contributed by atoms with Crippen molar-refractivity contribution in [2.75, 3.05) is 26.2 Å². The average molecular weight is 514 g/mol. The highest BCUT2D eigenvalue weighted by Gasteiger charge is 2.29. The minimum Gasteiger partial charge on any atom is -0.337 e. The number of piperazine rings is 1. The minimum atomic E-state index is -3.54. The number of sulfonamides is 1. The molecule has 2 aromatic carbocycles. The molecule has 27 heavy (non-hydrogen) atoms. The molecule has 0 unspecified atom stereocenters. The molecular weight excluding hydrogens is 496 g/mol. The first-order valence-electron chi connectivity index (χ1n) is 8.34. The lowest BCUT2D eigenvalue weighted by Gasteiger charge is -2.33. The topological polar surface area (TPSA) is 57.7 Å². The van der Waals surface area contributed by atoms with Crippen molar-refractivity contribution < 1.29 is 13.2 Å². The van der Waals surface area contributed by atoms with Crippen LogP contribution in [-0.2, 0) is 14.8 Å². The van der Waals surface area contributed by atoms with Crippen LogP contribution in [0.15, 0.2) is 68.4 Å².